The third-order valence-electron chi connectivity index (χ3n) is 1.97. The molecule has 0 aliphatic carbocycles. The van der Waals surface area contributed by atoms with Crippen LogP contribution in [0.3, 0.4) is 0 Å². The molecule has 1 aromatic rings. The van der Waals surface area contributed by atoms with Gasteiger partial charge in [-0.25, -0.2) is 4.79 Å². The lowest BCUT2D eigenvalue weighted by molar-refractivity contribution is 0.0522. The Morgan fingerprint density at radius 2 is 2.27 bits per heavy atom. The third kappa shape index (κ3) is 3.13. The first kappa shape index (κ1) is 11.3. The number of ether oxygens (including phenoxy) is 2. The maximum absolute atomic E-state index is 10.9. The van der Waals surface area contributed by atoms with Crippen LogP contribution in [0.1, 0.15) is 17.2 Å². The summed E-state index contributed by atoms with van der Waals surface area (Å²) in [5.41, 5.74) is 1.99. The van der Waals surface area contributed by atoms with E-state index < -0.39 is 12.3 Å². The van der Waals surface area contributed by atoms with E-state index in [1.807, 2.05) is 31.2 Å². The normalized spacial score (nSPS) is 11.6. The van der Waals surface area contributed by atoms with E-state index in [2.05, 4.69) is 11.3 Å². The summed E-state index contributed by atoms with van der Waals surface area (Å²) in [5.74, 6) is 0. The van der Waals surface area contributed by atoms with Crippen LogP contribution in [0, 0.1) is 6.92 Å². The largest absolute Gasteiger partial charge is 0.508 e. The smallest absolute Gasteiger partial charge is 0.438 e. The van der Waals surface area contributed by atoms with Gasteiger partial charge in [-0.2, -0.15) is 0 Å². The second-order valence-corrected chi connectivity index (χ2v) is 3.14. The van der Waals surface area contributed by atoms with Crippen LogP contribution in [0.15, 0.2) is 36.9 Å². The molecule has 0 saturated heterocycles. The highest BCUT2D eigenvalue weighted by Gasteiger charge is 2.13. The molecule has 1 atom stereocenters. The molecule has 0 saturated carbocycles. The molecule has 3 nitrogen and oxygen atoms in total. The number of carbonyl (C=O) groups is 1. The molecule has 0 radical (unpaired) electrons. The fourth-order valence-corrected chi connectivity index (χ4v) is 1.25. The summed E-state index contributed by atoms with van der Waals surface area (Å²) in [7, 11) is 1.28. The van der Waals surface area contributed by atoms with Gasteiger partial charge in [0, 0.05) is 0 Å². The first-order chi connectivity index (χ1) is 7.17. The molecule has 3 heteroatoms. The molecule has 0 N–H and O–H groups in total. The summed E-state index contributed by atoms with van der Waals surface area (Å²) in [5, 5.41) is 0. The maximum atomic E-state index is 10.9. The predicted molar refractivity (Wildman–Crippen MR) is 57.6 cm³/mol. The standard InChI is InChI=1S/C12H14O3/c1-4-11(15-12(13)14-3)10-7-5-6-9(2)8-10/h4-8,11H,1H2,2-3H3. The van der Waals surface area contributed by atoms with Crippen molar-refractivity contribution < 1.29 is 14.3 Å². The summed E-state index contributed by atoms with van der Waals surface area (Å²) in [6, 6.07) is 7.70. The van der Waals surface area contributed by atoms with Crippen molar-refractivity contribution in [3.63, 3.8) is 0 Å². The van der Waals surface area contributed by atoms with Crippen molar-refractivity contribution in [2.45, 2.75) is 13.0 Å². The predicted octanol–water partition coefficient (Wildman–Crippen LogP) is 3.01. The lowest BCUT2D eigenvalue weighted by atomic mass is 10.1. The van der Waals surface area contributed by atoms with Gasteiger partial charge in [-0.3, -0.25) is 0 Å². The molecular formula is C12H14O3. The third-order valence-corrected chi connectivity index (χ3v) is 1.97. The van der Waals surface area contributed by atoms with Crippen LogP contribution in [0.25, 0.3) is 0 Å². The summed E-state index contributed by atoms with van der Waals surface area (Å²) < 4.78 is 9.44. The number of hydrogen-bond donors (Lipinski definition) is 0. The monoisotopic (exact) mass is 206 g/mol. The molecule has 0 aliphatic rings. The van der Waals surface area contributed by atoms with Crippen LogP contribution in [-0.2, 0) is 9.47 Å². The van der Waals surface area contributed by atoms with Crippen molar-refractivity contribution in [2.24, 2.45) is 0 Å². The Morgan fingerprint density at radius 1 is 1.53 bits per heavy atom. The molecule has 0 amide bonds. The van der Waals surface area contributed by atoms with Crippen LogP contribution in [0.5, 0.6) is 0 Å². The van der Waals surface area contributed by atoms with Gasteiger partial charge in [0.2, 0.25) is 0 Å². The van der Waals surface area contributed by atoms with Gasteiger partial charge >= 0.3 is 6.16 Å². The first-order valence-corrected chi connectivity index (χ1v) is 4.61. The lowest BCUT2D eigenvalue weighted by Gasteiger charge is -2.13. The van der Waals surface area contributed by atoms with E-state index in [-0.39, 0.29) is 0 Å². The highest BCUT2D eigenvalue weighted by atomic mass is 16.7. The first-order valence-electron chi connectivity index (χ1n) is 4.61. The van der Waals surface area contributed by atoms with E-state index in [9.17, 15) is 4.79 Å². The Labute approximate surface area is 89.3 Å². The molecular weight excluding hydrogens is 192 g/mol. The van der Waals surface area contributed by atoms with Gasteiger partial charge in [-0.1, -0.05) is 36.4 Å². The quantitative estimate of drug-likeness (QED) is 0.563. The van der Waals surface area contributed by atoms with Crippen LogP contribution < -0.4 is 0 Å². The molecule has 1 aromatic carbocycles. The van der Waals surface area contributed by atoms with Crippen molar-refractivity contribution in [1.82, 2.24) is 0 Å². The zero-order valence-corrected chi connectivity index (χ0v) is 8.90. The average molecular weight is 206 g/mol. The van der Waals surface area contributed by atoms with Crippen molar-refractivity contribution in [1.29, 1.82) is 0 Å². The van der Waals surface area contributed by atoms with E-state index in [1.54, 1.807) is 6.08 Å². The lowest BCUT2D eigenvalue weighted by Crippen LogP contribution is -2.09. The molecule has 0 aliphatic heterocycles. The highest BCUT2D eigenvalue weighted by Crippen LogP contribution is 2.19. The van der Waals surface area contributed by atoms with Crippen molar-refractivity contribution in [2.75, 3.05) is 7.11 Å². The van der Waals surface area contributed by atoms with E-state index in [1.165, 1.54) is 7.11 Å². The molecule has 1 rings (SSSR count). The van der Waals surface area contributed by atoms with Gasteiger partial charge in [0.15, 0.2) is 0 Å². The molecule has 15 heavy (non-hydrogen) atoms. The topological polar surface area (TPSA) is 35.5 Å². The summed E-state index contributed by atoms with van der Waals surface area (Å²) >= 11 is 0. The average Bonchev–Trinajstić information content (AvgIpc) is 2.25. The Bertz CT molecular complexity index is 358. The van der Waals surface area contributed by atoms with Crippen LogP contribution in [-0.4, -0.2) is 13.3 Å². The van der Waals surface area contributed by atoms with Gasteiger partial charge < -0.3 is 9.47 Å². The van der Waals surface area contributed by atoms with Crippen molar-refractivity contribution >= 4 is 6.16 Å². The van der Waals surface area contributed by atoms with E-state index >= 15 is 0 Å². The van der Waals surface area contributed by atoms with E-state index in [0.717, 1.165) is 11.1 Å². The van der Waals surface area contributed by atoms with Crippen molar-refractivity contribution in [3.05, 3.63) is 48.0 Å². The Kier molecular flexibility index (Phi) is 3.92. The minimum absolute atomic E-state index is 0.461. The molecule has 0 spiro atoms. The molecule has 1 unspecified atom stereocenters. The van der Waals surface area contributed by atoms with Crippen molar-refractivity contribution in [3.8, 4) is 0 Å². The second kappa shape index (κ2) is 5.20. The van der Waals surface area contributed by atoms with Crippen LogP contribution in [0.2, 0.25) is 0 Å². The summed E-state index contributed by atoms with van der Waals surface area (Å²) in [6.45, 7) is 5.60. The van der Waals surface area contributed by atoms with E-state index in [4.69, 9.17) is 4.74 Å². The fraction of sp³-hybridized carbons (Fsp3) is 0.250. The Hall–Kier alpha value is -1.77. The molecule has 0 heterocycles. The number of rotatable bonds is 3. The number of hydrogen-bond acceptors (Lipinski definition) is 3. The summed E-state index contributed by atoms with van der Waals surface area (Å²) in [6.07, 6.45) is 0.393. The minimum atomic E-state index is -0.707. The SMILES string of the molecule is C=CC(OC(=O)OC)c1cccc(C)c1. The second-order valence-electron chi connectivity index (χ2n) is 3.14. The zero-order chi connectivity index (χ0) is 11.3. The number of methoxy groups -OCH3 is 1. The van der Waals surface area contributed by atoms with Crippen LogP contribution >= 0.6 is 0 Å². The minimum Gasteiger partial charge on any atom is -0.438 e. The molecule has 0 bridgehead atoms. The maximum Gasteiger partial charge on any atom is 0.508 e. The molecule has 0 aromatic heterocycles. The van der Waals surface area contributed by atoms with Gasteiger partial charge in [-0.15, -0.1) is 0 Å². The highest BCUT2D eigenvalue weighted by molar-refractivity contribution is 5.60. The fourth-order valence-electron chi connectivity index (χ4n) is 1.25. The van der Waals surface area contributed by atoms with Crippen LogP contribution in [0.4, 0.5) is 4.79 Å². The van der Waals surface area contributed by atoms with Gasteiger partial charge in [0.1, 0.15) is 6.10 Å². The zero-order valence-electron chi connectivity index (χ0n) is 8.90. The summed E-state index contributed by atoms with van der Waals surface area (Å²) in [4.78, 5) is 10.9. The number of aryl methyl sites for hydroxylation is 1. The molecule has 80 valence electrons. The van der Waals surface area contributed by atoms with Gasteiger partial charge in [0.25, 0.3) is 0 Å². The Balaban J connectivity index is 2.83. The molecule has 0 fully saturated rings. The van der Waals surface area contributed by atoms with Gasteiger partial charge in [-0.05, 0) is 18.6 Å². The number of carbonyl (C=O) groups excluding carboxylic acids is 1. The number of benzene rings is 1. The Morgan fingerprint density at radius 3 is 2.80 bits per heavy atom. The van der Waals surface area contributed by atoms with Gasteiger partial charge in [0.05, 0.1) is 7.11 Å². The van der Waals surface area contributed by atoms with E-state index in [0.29, 0.717) is 0 Å².